The summed E-state index contributed by atoms with van der Waals surface area (Å²) in [5.41, 5.74) is 18.4. The molecule has 2 aliphatic heterocycles. The number of aromatic carboxylic acids is 1. The van der Waals surface area contributed by atoms with Gasteiger partial charge in [-0.2, -0.15) is 20.4 Å². The maximum absolute atomic E-state index is 13.2. The van der Waals surface area contributed by atoms with E-state index in [0.717, 1.165) is 89.5 Å². The van der Waals surface area contributed by atoms with Crippen molar-refractivity contribution in [1.82, 2.24) is 75.8 Å². The van der Waals surface area contributed by atoms with Gasteiger partial charge in [-0.1, -0.05) is 13.8 Å². The van der Waals surface area contributed by atoms with Crippen molar-refractivity contribution in [3.05, 3.63) is 106 Å². The number of H-pyrrole nitrogens is 6. The first-order valence-electron chi connectivity index (χ1n) is 24.3. The van der Waals surface area contributed by atoms with Crippen molar-refractivity contribution < 1.29 is 24.3 Å². The highest BCUT2D eigenvalue weighted by Gasteiger charge is 2.51. The molecule has 2 unspecified atom stereocenters. The van der Waals surface area contributed by atoms with Gasteiger partial charge in [0.2, 0.25) is 11.6 Å². The summed E-state index contributed by atoms with van der Waals surface area (Å²) in [6.07, 6.45) is 14.6. The molecule has 21 nitrogen and oxygen atoms in total. The summed E-state index contributed by atoms with van der Waals surface area (Å²) in [6.45, 7) is 6.94. The van der Waals surface area contributed by atoms with Gasteiger partial charge < -0.3 is 35.9 Å². The van der Waals surface area contributed by atoms with E-state index in [-0.39, 0.29) is 52.3 Å². The minimum Gasteiger partial charge on any atom is -0.478 e. The number of nitrogens with zero attached hydrogens (tertiary/aromatic N) is 8. The maximum atomic E-state index is 13.2. The SMILES string of the molecule is CC1CC2(Cc3cn[nH]c3-c3[nH]c4ccc(C(=O)NC5CCN(C(=O)c6ncn[nH]6)C5)cc4c32)C1.CC1CC2(Cc3cn[nH]c3-c3[nH]c4ccc(C(=O)O)cc4c32)C1.NC1CCN(C(=O)c2ncn[nH]2)C1. The summed E-state index contributed by atoms with van der Waals surface area (Å²) in [7, 11) is 0. The van der Waals surface area contributed by atoms with E-state index in [1.54, 1.807) is 15.9 Å². The lowest BCUT2D eigenvalue weighted by atomic mass is 9.54. The summed E-state index contributed by atoms with van der Waals surface area (Å²) in [5.74, 6) is 0.601. The Morgan fingerprint density at radius 1 is 0.662 bits per heavy atom. The Balaban J connectivity index is 0.000000123. The normalized spacial score (nSPS) is 24.5. The van der Waals surface area contributed by atoms with Gasteiger partial charge in [0, 0.05) is 87.6 Å². The van der Waals surface area contributed by atoms with Crippen LogP contribution in [-0.4, -0.2) is 138 Å². The van der Waals surface area contributed by atoms with Crippen LogP contribution in [0.5, 0.6) is 0 Å². The van der Waals surface area contributed by atoms with Crippen LogP contribution >= 0.6 is 0 Å². The Hall–Kier alpha value is -7.94. The molecule has 14 rings (SSSR count). The number of hydrogen-bond acceptors (Lipinski definition) is 11. The summed E-state index contributed by atoms with van der Waals surface area (Å²) >= 11 is 0. The van der Waals surface area contributed by atoms with E-state index in [1.165, 1.54) is 34.9 Å². The number of nitrogens with one attached hydrogen (secondary N) is 7. The first kappa shape index (κ1) is 44.3. The van der Waals surface area contributed by atoms with Crippen LogP contribution in [0.1, 0.15) is 117 Å². The minimum absolute atomic E-state index is 0.100. The van der Waals surface area contributed by atoms with Gasteiger partial charge in [0.1, 0.15) is 12.7 Å². The van der Waals surface area contributed by atoms with Crippen molar-refractivity contribution in [3.8, 4) is 22.8 Å². The molecule has 4 aliphatic carbocycles. The Morgan fingerprint density at radius 2 is 1.17 bits per heavy atom. The number of nitrogens with two attached hydrogens (primary N) is 1. The van der Waals surface area contributed by atoms with Crippen molar-refractivity contribution in [3.63, 3.8) is 0 Å². The molecule has 2 aromatic carbocycles. The van der Waals surface area contributed by atoms with Crippen molar-refractivity contribution in [2.24, 2.45) is 17.6 Å². The zero-order valence-electron chi connectivity index (χ0n) is 39.3. The number of likely N-dealkylation sites (tertiary alicyclic amines) is 2. The van der Waals surface area contributed by atoms with E-state index in [0.29, 0.717) is 55.6 Å². The van der Waals surface area contributed by atoms with E-state index in [1.807, 2.05) is 42.7 Å². The zero-order valence-corrected chi connectivity index (χ0v) is 39.3. The molecular weight excluding hydrogens is 905 g/mol. The van der Waals surface area contributed by atoms with E-state index >= 15 is 0 Å². The zero-order chi connectivity index (χ0) is 48.8. The number of hydrogen-bond donors (Lipinski definition) is 9. The smallest absolute Gasteiger partial charge is 0.335 e. The van der Waals surface area contributed by atoms with Crippen molar-refractivity contribution in [2.45, 2.75) is 88.1 Å². The molecule has 2 saturated carbocycles. The van der Waals surface area contributed by atoms with Gasteiger partial charge in [-0.15, -0.1) is 0 Å². The summed E-state index contributed by atoms with van der Waals surface area (Å²) in [6, 6.07) is 11.3. The Morgan fingerprint density at radius 3 is 1.65 bits per heavy atom. The molecule has 8 aromatic rings. The number of aromatic nitrogens is 12. The lowest BCUT2D eigenvalue weighted by Crippen LogP contribution is -2.43. The average molecular weight is 959 g/mol. The first-order chi connectivity index (χ1) is 34.3. The van der Waals surface area contributed by atoms with Crippen LogP contribution in [0, 0.1) is 11.8 Å². The fourth-order valence-corrected chi connectivity index (χ4v) is 12.8. The third-order valence-corrected chi connectivity index (χ3v) is 15.7. The fraction of sp³-hybridized carbons (Fsp3) is 0.400. The van der Waals surface area contributed by atoms with Crippen molar-refractivity contribution in [1.29, 1.82) is 0 Å². The predicted molar refractivity (Wildman–Crippen MR) is 259 cm³/mol. The monoisotopic (exact) mass is 958 g/mol. The maximum Gasteiger partial charge on any atom is 0.335 e. The summed E-state index contributed by atoms with van der Waals surface area (Å²) < 4.78 is 0. The van der Waals surface area contributed by atoms with Gasteiger partial charge in [-0.05, 0) is 111 Å². The standard InChI is InChI=1S/C25H26N8O2.C18H17N3O2.C7H11N5O/c1-13-7-25(8-13)9-15-10-27-31-20(15)21-19(25)17-6-14(2-3-18(17)30-21)23(34)29-16-4-5-33(11-16)24(35)22-26-12-28-32-22;1-9-5-18(6-9)7-11-8-19-21-15(11)16-14(18)12-4-10(17(22)23)2-3-13(12)20-16;8-5-1-2-12(3-5)7(13)6-9-4-10-11-6/h2-3,6,10,12-13,16,30H,4-5,7-9,11H2,1H3,(H,27,31)(H,29,34)(H,26,28,32);2-4,8-9,20H,5-7H2,1H3,(H,19,21)(H,22,23);4-5H,1-3,8H2,(H,9,10,11). The van der Waals surface area contributed by atoms with Crippen LogP contribution in [-0.2, 0) is 23.7 Å². The molecule has 8 heterocycles. The van der Waals surface area contributed by atoms with E-state index in [9.17, 15) is 24.3 Å². The molecule has 3 amide bonds. The second-order valence-electron chi connectivity index (χ2n) is 20.7. The van der Waals surface area contributed by atoms with Crippen LogP contribution in [0.4, 0.5) is 0 Å². The highest BCUT2D eigenvalue weighted by molar-refractivity contribution is 6.02. The fourth-order valence-electron chi connectivity index (χ4n) is 12.8. The predicted octanol–water partition coefficient (Wildman–Crippen LogP) is 5.00. The third-order valence-electron chi connectivity index (χ3n) is 15.7. The summed E-state index contributed by atoms with van der Waals surface area (Å²) in [5, 5.41) is 41.9. The van der Waals surface area contributed by atoms with Gasteiger partial charge >= 0.3 is 5.97 Å². The van der Waals surface area contributed by atoms with E-state index in [4.69, 9.17) is 5.73 Å². The quantitative estimate of drug-likeness (QED) is 0.110. The van der Waals surface area contributed by atoms with Crippen LogP contribution in [0.2, 0.25) is 0 Å². The summed E-state index contributed by atoms with van der Waals surface area (Å²) in [4.78, 5) is 66.9. The molecule has 6 aromatic heterocycles. The second-order valence-corrected chi connectivity index (χ2v) is 20.7. The molecule has 10 N–H and O–H groups in total. The van der Waals surface area contributed by atoms with Gasteiger partial charge in [-0.25, -0.2) is 14.8 Å². The van der Waals surface area contributed by atoms with Crippen LogP contribution in [0.15, 0.2) is 61.4 Å². The number of benzene rings is 2. The molecule has 2 spiro atoms. The highest BCUT2D eigenvalue weighted by atomic mass is 16.4. The molecule has 71 heavy (non-hydrogen) atoms. The van der Waals surface area contributed by atoms with Gasteiger partial charge in [0.15, 0.2) is 0 Å². The molecule has 4 fully saturated rings. The van der Waals surface area contributed by atoms with E-state index < -0.39 is 5.97 Å². The topological polar surface area (TPSA) is 305 Å². The molecule has 6 aliphatic rings. The molecule has 2 saturated heterocycles. The number of carboxylic acids is 1. The number of aromatic amines is 6. The highest BCUT2D eigenvalue weighted by Crippen LogP contribution is 2.58. The lowest BCUT2D eigenvalue weighted by molar-refractivity contribution is 0.0695. The number of carbonyl (C=O) groups excluding carboxylic acids is 3. The van der Waals surface area contributed by atoms with Crippen molar-refractivity contribution in [2.75, 3.05) is 26.2 Å². The number of carbonyl (C=O) groups is 4. The van der Waals surface area contributed by atoms with Crippen LogP contribution in [0.25, 0.3) is 44.6 Å². The van der Waals surface area contributed by atoms with E-state index in [2.05, 4.69) is 79.9 Å². The number of amides is 3. The second kappa shape index (κ2) is 16.9. The van der Waals surface area contributed by atoms with Gasteiger partial charge in [-0.3, -0.25) is 34.8 Å². The largest absolute Gasteiger partial charge is 0.478 e. The van der Waals surface area contributed by atoms with Crippen LogP contribution in [0.3, 0.4) is 0 Å². The number of fused-ring (bicyclic) bond motifs is 12. The number of carboxylic acid groups (broad SMARTS) is 1. The average Bonchev–Trinajstić information content (AvgIpc) is 4.19. The molecular formula is C50H54N16O5. The Labute approximate surface area is 405 Å². The molecule has 21 heteroatoms. The van der Waals surface area contributed by atoms with Crippen LogP contribution < -0.4 is 11.1 Å². The van der Waals surface area contributed by atoms with Gasteiger partial charge in [0.25, 0.3) is 17.7 Å². The molecule has 2 atom stereocenters. The lowest BCUT2D eigenvalue weighted by Gasteiger charge is -2.49. The minimum atomic E-state index is -0.879. The van der Waals surface area contributed by atoms with Crippen molar-refractivity contribution >= 4 is 45.5 Å². The Kier molecular flexibility index (Phi) is 10.5. The molecule has 364 valence electrons. The number of rotatable bonds is 5. The Bertz CT molecular complexity index is 3350. The first-order valence-corrected chi connectivity index (χ1v) is 24.3. The molecule has 0 radical (unpaired) electrons. The third kappa shape index (κ3) is 7.56. The molecule has 0 bridgehead atoms. The van der Waals surface area contributed by atoms with Gasteiger partial charge in [0.05, 0.1) is 40.7 Å².